The number of nitrogens with zero attached hydrogens (tertiary/aromatic N) is 1. The Bertz CT molecular complexity index is 319. The standard InChI is InChI=1S/C13H23NO4/c1-12(2,3)18-11(16)14-6-7-17-10(8-14)13(4,5)9-15/h9-10H,6-8H2,1-5H3. The van der Waals surface area contributed by atoms with Crippen molar-refractivity contribution in [1.82, 2.24) is 4.90 Å². The molecule has 104 valence electrons. The van der Waals surface area contributed by atoms with E-state index in [1.165, 1.54) is 0 Å². The van der Waals surface area contributed by atoms with Gasteiger partial charge in [0.25, 0.3) is 0 Å². The van der Waals surface area contributed by atoms with Crippen molar-refractivity contribution >= 4 is 12.4 Å². The van der Waals surface area contributed by atoms with Crippen molar-refractivity contribution in [3.8, 4) is 0 Å². The van der Waals surface area contributed by atoms with E-state index in [0.717, 1.165) is 6.29 Å². The average molecular weight is 257 g/mol. The van der Waals surface area contributed by atoms with Crippen molar-refractivity contribution < 1.29 is 19.1 Å². The molecule has 18 heavy (non-hydrogen) atoms. The molecule has 0 saturated carbocycles. The molecule has 0 aromatic carbocycles. The minimum absolute atomic E-state index is 0.281. The first-order chi connectivity index (χ1) is 8.15. The van der Waals surface area contributed by atoms with E-state index in [4.69, 9.17) is 9.47 Å². The molecule has 0 aromatic rings. The Hall–Kier alpha value is -1.10. The van der Waals surface area contributed by atoms with Gasteiger partial charge in [-0.25, -0.2) is 4.79 Å². The third kappa shape index (κ3) is 3.98. The molecule has 0 aliphatic carbocycles. The molecule has 1 aliphatic rings. The third-order valence-electron chi connectivity index (χ3n) is 2.85. The highest BCUT2D eigenvalue weighted by molar-refractivity contribution is 5.68. The summed E-state index contributed by atoms with van der Waals surface area (Å²) in [5.41, 5.74) is -1.11. The number of hydrogen-bond acceptors (Lipinski definition) is 4. The molecule has 0 spiro atoms. The topological polar surface area (TPSA) is 55.8 Å². The number of rotatable bonds is 2. The summed E-state index contributed by atoms with van der Waals surface area (Å²) in [5.74, 6) is 0. The lowest BCUT2D eigenvalue weighted by Crippen LogP contribution is -2.52. The van der Waals surface area contributed by atoms with Crippen LogP contribution in [0, 0.1) is 5.41 Å². The Kier molecular flexibility index (Phi) is 4.37. The summed E-state index contributed by atoms with van der Waals surface area (Å²) in [5, 5.41) is 0. The van der Waals surface area contributed by atoms with Crippen LogP contribution in [0.15, 0.2) is 0 Å². The summed E-state index contributed by atoms with van der Waals surface area (Å²) in [6.07, 6.45) is 0.241. The zero-order valence-electron chi connectivity index (χ0n) is 11.9. The summed E-state index contributed by atoms with van der Waals surface area (Å²) in [7, 11) is 0. The van der Waals surface area contributed by atoms with Gasteiger partial charge in [0.05, 0.1) is 19.3 Å². The van der Waals surface area contributed by atoms with Crippen LogP contribution < -0.4 is 0 Å². The first-order valence-electron chi connectivity index (χ1n) is 6.21. The van der Waals surface area contributed by atoms with Gasteiger partial charge in [0.15, 0.2) is 0 Å². The number of aldehydes is 1. The Morgan fingerprint density at radius 1 is 1.33 bits per heavy atom. The van der Waals surface area contributed by atoms with E-state index in [2.05, 4.69) is 0 Å². The molecule has 1 saturated heterocycles. The largest absolute Gasteiger partial charge is 0.444 e. The van der Waals surface area contributed by atoms with Gasteiger partial charge in [-0.05, 0) is 20.8 Å². The first kappa shape index (κ1) is 15.0. The zero-order valence-corrected chi connectivity index (χ0v) is 11.9. The van der Waals surface area contributed by atoms with E-state index in [-0.39, 0.29) is 12.2 Å². The summed E-state index contributed by atoms with van der Waals surface area (Å²) in [4.78, 5) is 24.6. The predicted octanol–water partition coefficient (Wildman–Crippen LogP) is 1.85. The van der Waals surface area contributed by atoms with Crippen LogP contribution in [-0.2, 0) is 14.3 Å². The second-order valence-electron chi connectivity index (χ2n) is 6.23. The van der Waals surface area contributed by atoms with Crippen molar-refractivity contribution in [2.75, 3.05) is 19.7 Å². The number of carbonyl (C=O) groups is 2. The number of amides is 1. The minimum atomic E-state index is -0.597. The normalized spacial score (nSPS) is 21.6. The average Bonchev–Trinajstić information content (AvgIpc) is 2.27. The molecule has 1 fully saturated rings. The molecule has 1 unspecified atom stereocenters. The Morgan fingerprint density at radius 2 is 1.94 bits per heavy atom. The summed E-state index contributed by atoms with van der Waals surface area (Å²) in [6, 6.07) is 0. The van der Waals surface area contributed by atoms with Crippen molar-refractivity contribution in [3.63, 3.8) is 0 Å². The predicted molar refractivity (Wildman–Crippen MR) is 67.4 cm³/mol. The molecule has 0 radical (unpaired) electrons. The fourth-order valence-corrected chi connectivity index (χ4v) is 1.67. The van der Waals surface area contributed by atoms with Gasteiger partial charge >= 0.3 is 6.09 Å². The molecule has 1 amide bonds. The van der Waals surface area contributed by atoms with E-state index in [1.807, 2.05) is 34.6 Å². The van der Waals surface area contributed by atoms with Crippen LogP contribution in [0.25, 0.3) is 0 Å². The van der Waals surface area contributed by atoms with E-state index in [9.17, 15) is 9.59 Å². The van der Waals surface area contributed by atoms with Crippen LogP contribution >= 0.6 is 0 Å². The zero-order chi connectivity index (χ0) is 14.0. The summed E-state index contributed by atoms with van der Waals surface area (Å²) < 4.78 is 10.9. The molecule has 5 nitrogen and oxygen atoms in total. The monoisotopic (exact) mass is 257 g/mol. The third-order valence-corrected chi connectivity index (χ3v) is 2.85. The Labute approximate surface area is 108 Å². The van der Waals surface area contributed by atoms with Crippen molar-refractivity contribution in [3.05, 3.63) is 0 Å². The van der Waals surface area contributed by atoms with E-state index >= 15 is 0 Å². The SMILES string of the molecule is CC(C)(C)OC(=O)N1CCOC(C(C)(C)C=O)C1. The first-order valence-corrected chi connectivity index (χ1v) is 6.21. The van der Waals surface area contributed by atoms with E-state index in [0.29, 0.717) is 19.7 Å². The molecule has 0 bridgehead atoms. The second-order valence-corrected chi connectivity index (χ2v) is 6.23. The lowest BCUT2D eigenvalue weighted by Gasteiger charge is -2.39. The van der Waals surface area contributed by atoms with Gasteiger partial charge < -0.3 is 19.2 Å². The van der Waals surface area contributed by atoms with Crippen molar-refractivity contribution in [2.45, 2.75) is 46.3 Å². The van der Waals surface area contributed by atoms with E-state index in [1.54, 1.807) is 4.90 Å². The highest BCUT2D eigenvalue weighted by Gasteiger charge is 2.36. The van der Waals surface area contributed by atoms with Crippen LogP contribution in [0.2, 0.25) is 0 Å². The van der Waals surface area contributed by atoms with Crippen molar-refractivity contribution in [1.29, 1.82) is 0 Å². The lowest BCUT2D eigenvalue weighted by molar-refractivity contribution is -0.130. The number of ether oxygens (including phenoxy) is 2. The van der Waals surface area contributed by atoms with Crippen LogP contribution in [0.1, 0.15) is 34.6 Å². The summed E-state index contributed by atoms with van der Waals surface area (Å²) >= 11 is 0. The van der Waals surface area contributed by atoms with Crippen molar-refractivity contribution in [2.24, 2.45) is 5.41 Å². The molecule has 1 rings (SSSR count). The summed E-state index contributed by atoms with van der Waals surface area (Å²) in [6.45, 7) is 10.4. The van der Waals surface area contributed by atoms with E-state index < -0.39 is 11.0 Å². The molecule has 0 N–H and O–H groups in total. The van der Waals surface area contributed by atoms with Gasteiger partial charge in [-0.15, -0.1) is 0 Å². The number of hydrogen-bond donors (Lipinski definition) is 0. The fraction of sp³-hybridized carbons (Fsp3) is 0.846. The Balaban J connectivity index is 2.64. The fourth-order valence-electron chi connectivity index (χ4n) is 1.67. The molecular weight excluding hydrogens is 234 g/mol. The maximum absolute atomic E-state index is 11.9. The van der Waals surface area contributed by atoms with Crippen LogP contribution in [0.4, 0.5) is 4.79 Å². The highest BCUT2D eigenvalue weighted by atomic mass is 16.6. The number of morpholine rings is 1. The van der Waals surface area contributed by atoms with Gasteiger partial charge in [-0.2, -0.15) is 0 Å². The van der Waals surface area contributed by atoms with Gasteiger partial charge in [-0.3, -0.25) is 0 Å². The smallest absolute Gasteiger partial charge is 0.410 e. The second kappa shape index (κ2) is 5.26. The Morgan fingerprint density at radius 3 is 2.44 bits per heavy atom. The quantitative estimate of drug-likeness (QED) is 0.708. The van der Waals surface area contributed by atoms with Gasteiger partial charge in [0.2, 0.25) is 0 Å². The molecule has 1 aliphatic heterocycles. The molecule has 1 atom stereocenters. The highest BCUT2D eigenvalue weighted by Crippen LogP contribution is 2.24. The van der Waals surface area contributed by atoms with Crippen LogP contribution in [0.5, 0.6) is 0 Å². The minimum Gasteiger partial charge on any atom is -0.444 e. The van der Waals surface area contributed by atoms with Gasteiger partial charge in [0.1, 0.15) is 11.9 Å². The van der Waals surface area contributed by atoms with Crippen LogP contribution in [0.3, 0.4) is 0 Å². The molecule has 0 aromatic heterocycles. The molecule has 5 heteroatoms. The van der Waals surface area contributed by atoms with Gasteiger partial charge in [-0.1, -0.05) is 13.8 Å². The lowest BCUT2D eigenvalue weighted by atomic mass is 9.87. The van der Waals surface area contributed by atoms with Crippen LogP contribution in [-0.4, -0.2) is 48.7 Å². The maximum Gasteiger partial charge on any atom is 0.410 e. The van der Waals surface area contributed by atoms with Gasteiger partial charge in [0, 0.05) is 12.0 Å². The molecule has 1 heterocycles. The number of carbonyl (C=O) groups excluding carboxylic acids is 2. The maximum atomic E-state index is 11.9. The molecular formula is C13H23NO4.